The maximum absolute atomic E-state index is 12.5. The van der Waals surface area contributed by atoms with E-state index in [1.807, 2.05) is 12.1 Å². The van der Waals surface area contributed by atoms with E-state index in [0.29, 0.717) is 17.1 Å². The molecule has 1 aromatic carbocycles. The van der Waals surface area contributed by atoms with Crippen molar-refractivity contribution in [1.82, 2.24) is 4.98 Å². The summed E-state index contributed by atoms with van der Waals surface area (Å²) in [6.07, 6.45) is 4.41. The Kier molecular flexibility index (Phi) is 5.48. The summed E-state index contributed by atoms with van der Waals surface area (Å²) in [6.45, 7) is 4.99. The Hall–Kier alpha value is -2.21. The quantitative estimate of drug-likeness (QED) is 0.849. The highest BCUT2D eigenvalue weighted by Gasteiger charge is 2.21. The Bertz CT molecular complexity index is 767. The van der Waals surface area contributed by atoms with Crippen LogP contribution >= 0.6 is 11.3 Å². The normalized spacial score (nSPS) is 14.2. The molecule has 6 heteroatoms. The van der Waals surface area contributed by atoms with Crippen LogP contribution in [0.5, 0.6) is 0 Å². The minimum atomic E-state index is -0.168. The van der Waals surface area contributed by atoms with Gasteiger partial charge in [0.25, 0.3) is 5.91 Å². The fourth-order valence-electron chi connectivity index (χ4n) is 3.03. The maximum Gasteiger partial charge on any atom is 0.257 e. The van der Waals surface area contributed by atoms with Gasteiger partial charge in [-0.1, -0.05) is 20.3 Å². The number of nitrogens with one attached hydrogen (secondary N) is 1. The van der Waals surface area contributed by atoms with Crippen LogP contribution in [0.4, 0.5) is 10.8 Å². The molecule has 0 atom stereocenters. The highest BCUT2D eigenvalue weighted by molar-refractivity contribution is 7.15. The van der Waals surface area contributed by atoms with Crippen molar-refractivity contribution in [3.8, 4) is 0 Å². The monoisotopic (exact) mass is 357 g/mol. The number of hydrogen-bond acceptors (Lipinski definition) is 4. The van der Waals surface area contributed by atoms with Crippen molar-refractivity contribution in [1.29, 1.82) is 0 Å². The predicted octanol–water partition coefficient (Wildman–Crippen LogP) is 4.04. The van der Waals surface area contributed by atoms with Crippen molar-refractivity contribution in [2.75, 3.05) is 16.8 Å². The number of carbonyl (C=O) groups is 2. The molecule has 0 spiro atoms. The Morgan fingerprint density at radius 3 is 2.64 bits per heavy atom. The zero-order valence-corrected chi connectivity index (χ0v) is 15.5. The van der Waals surface area contributed by atoms with Crippen LogP contribution in [0.15, 0.2) is 24.3 Å². The zero-order valence-electron chi connectivity index (χ0n) is 14.7. The maximum atomic E-state index is 12.5. The van der Waals surface area contributed by atoms with Gasteiger partial charge in [0, 0.05) is 29.1 Å². The van der Waals surface area contributed by atoms with Gasteiger partial charge in [-0.15, -0.1) is 11.3 Å². The highest BCUT2D eigenvalue weighted by atomic mass is 32.1. The van der Waals surface area contributed by atoms with Crippen molar-refractivity contribution >= 4 is 34.0 Å². The van der Waals surface area contributed by atoms with Gasteiger partial charge in [0.05, 0.1) is 5.69 Å². The topological polar surface area (TPSA) is 62.3 Å². The van der Waals surface area contributed by atoms with Crippen LogP contribution in [0.25, 0.3) is 0 Å². The predicted molar refractivity (Wildman–Crippen MR) is 101 cm³/mol. The molecule has 0 aliphatic carbocycles. The number of nitrogens with zero attached hydrogens (tertiary/aromatic N) is 2. The Morgan fingerprint density at radius 1 is 1.28 bits per heavy atom. The molecule has 0 bridgehead atoms. The van der Waals surface area contributed by atoms with Crippen LogP contribution in [0.2, 0.25) is 0 Å². The van der Waals surface area contributed by atoms with Crippen molar-refractivity contribution in [2.45, 2.75) is 46.0 Å². The molecule has 1 aliphatic rings. The van der Waals surface area contributed by atoms with Crippen molar-refractivity contribution in [3.05, 3.63) is 40.4 Å². The molecular weight excluding hydrogens is 334 g/mol. The molecule has 1 N–H and O–H groups in total. The number of carbonyl (C=O) groups excluding carboxylic acids is 2. The van der Waals surface area contributed by atoms with E-state index in [-0.39, 0.29) is 11.8 Å². The fourth-order valence-corrected chi connectivity index (χ4v) is 3.97. The summed E-state index contributed by atoms with van der Waals surface area (Å²) in [5.41, 5.74) is 2.51. The number of rotatable bonds is 6. The van der Waals surface area contributed by atoms with Crippen LogP contribution in [0, 0.1) is 0 Å². The van der Waals surface area contributed by atoms with Gasteiger partial charge in [-0.05, 0) is 43.5 Å². The molecule has 0 radical (unpaired) electrons. The molecule has 25 heavy (non-hydrogen) atoms. The van der Waals surface area contributed by atoms with E-state index < -0.39 is 0 Å². The Balaban J connectivity index is 1.70. The van der Waals surface area contributed by atoms with E-state index in [0.717, 1.165) is 43.6 Å². The highest BCUT2D eigenvalue weighted by Crippen LogP contribution is 2.26. The molecule has 3 rings (SSSR count). The summed E-state index contributed by atoms with van der Waals surface area (Å²) in [7, 11) is 0. The van der Waals surface area contributed by atoms with Gasteiger partial charge in [0.1, 0.15) is 0 Å². The summed E-state index contributed by atoms with van der Waals surface area (Å²) in [4.78, 5) is 31.8. The lowest BCUT2D eigenvalue weighted by Gasteiger charge is -2.15. The van der Waals surface area contributed by atoms with Gasteiger partial charge >= 0.3 is 0 Å². The Labute approximate surface area is 152 Å². The summed E-state index contributed by atoms with van der Waals surface area (Å²) in [5.74, 6) is -0.0192. The molecule has 2 heterocycles. The number of amides is 2. The molecule has 132 valence electrons. The molecule has 2 aromatic rings. The molecule has 1 saturated heterocycles. The van der Waals surface area contributed by atoms with Crippen molar-refractivity contribution in [3.63, 3.8) is 0 Å². The fraction of sp³-hybridized carbons (Fsp3) is 0.421. The smallest absolute Gasteiger partial charge is 0.257 e. The molecule has 0 saturated carbocycles. The molecule has 1 aliphatic heterocycles. The Morgan fingerprint density at radius 2 is 2.04 bits per heavy atom. The van der Waals surface area contributed by atoms with Gasteiger partial charge in [-0.25, -0.2) is 4.98 Å². The largest absolute Gasteiger partial charge is 0.312 e. The number of anilines is 2. The number of hydrogen-bond donors (Lipinski definition) is 1. The van der Waals surface area contributed by atoms with E-state index in [9.17, 15) is 9.59 Å². The lowest BCUT2D eigenvalue weighted by molar-refractivity contribution is -0.117. The van der Waals surface area contributed by atoms with E-state index in [1.165, 1.54) is 4.88 Å². The summed E-state index contributed by atoms with van der Waals surface area (Å²) in [5, 5.41) is 3.55. The van der Waals surface area contributed by atoms with Gasteiger partial charge in [0.2, 0.25) is 5.91 Å². The molecule has 2 amide bonds. The third-order valence-electron chi connectivity index (χ3n) is 4.32. The molecule has 1 fully saturated rings. The average molecular weight is 357 g/mol. The number of thiazole rings is 1. The molecule has 5 nitrogen and oxygen atoms in total. The first-order valence-electron chi connectivity index (χ1n) is 8.82. The van der Waals surface area contributed by atoms with E-state index in [1.54, 1.807) is 28.4 Å². The summed E-state index contributed by atoms with van der Waals surface area (Å²) in [6, 6.07) is 7.19. The van der Waals surface area contributed by atoms with Crippen LogP contribution in [0.1, 0.15) is 54.0 Å². The van der Waals surface area contributed by atoms with E-state index >= 15 is 0 Å². The molecule has 1 aromatic heterocycles. The van der Waals surface area contributed by atoms with Gasteiger partial charge < -0.3 is 4.90 Å². The standard InChI is InChI=1S/C19H23N3O2S/c1-3-6-15-16(4-2)25-19(20-15)21-18(24)13-8-10-14(11-9-13)22-12-5-7-17(22)23/h8-11H,3-7,12H2,1-2H3,(H,20,21,24). The van der Waals surface area contributed by atoms with Gasteiger partial charge in [-0.3, -0.25) is 14.9 Å². The van der Waals surface area contributed by atoms with Crippen molar-refractivity contribution in [2.24, 2.45) is 0 Å². The summed E-state index contributed by atoms with van der Waals surface area (Å²) >= 11 is 1.55. The SMILES string of the molecule is CCCc1nc(NC(=O)c2ccc(N3CCCC3=O)cc2)sc1CC. The minimum absolute atomic E-state index is 0.149. The second-order valence-electron chi connectivity index (χ2n) is 6.14. The van der Waals surface area contributed by atoms with Crippen LogP contribution in [0.3, 0.4) is 0 Å². The molecule has 0 unspecified atom stereocenters. The number of aromatic nitrogens is 1. The van der Waals surface area contributed by atoms with E-state index in [2.05, 4.69) is 24.1 Å². The van der Waals surface area contributed by atoms with Gasteiger partial charge in [-0.2, -0.15) is 0 Å². The second kappa shape index (κ2) is 7.78. The third kappa shape index (κ3) is 3.90. The first-order chi connectivity index (χ1) is 12.1. The number of aryl methyl sites for hydroxylation is 2. The third-order valence-corrected chi connectivity index (χ3v) is 5.48. The van der Waals surface area contributed by atoms with Crippen LogP contribution in [-0.2, 0) is 17.6 Å². The minimum Gasteiger partial charge on any atom is -0.312 e. The van der Waals surface area contributed by atoms with E-state index in [4.69, 9.17) is 0 Å². The lowest BCUT2D eigenvalue weighted by atomic mass is 10.2. The van der Waals surface area contributed by atoms with Crippen molar-refractivity contribution < 1.29 is 9.59 Å². The molecular formula is C19H23N3O2S. The van der Waals surface area contributed by atoms with Gasteiger partial charge in [0.15, 0.2) is 5.13 Å². The first kappa shape index (κ1) is 17.6. The first-order valence-corrected chi connectivity index (χ1v) is 9.64. The average Bonchev–Trinajstić information content (AvgIpc) is 3.21. The zero-order chi connectivity index (χ0) is 17.8. The number of benzene rings is 1. The summed E-state index contributed by atoms with van der Waals surface area (Å²) < 4.78 is 0. The van der Waals surface area contributed by atoms with Crippen LogP contribution in [-0.4, -0.2) is 23.3 Å². The lowest BCUT2D eigenvalue weighted by Crippen LogP contribution is -2.23. The second-order valence-corrected chi connectivity index (χ2v) is 7.23. The van der Waals surface area contributed by atoms with Crippen LogP contribution < -0.4 is 10.2 Å².